The van der Waals surface area contributed by atoms with Gasteiger partial charge in [0.1, 0.15) is 6.04 Å². The molecule has 3 rings (SSSR count). The molecular weight excluding hydrogens is 306 g/mol. The highest BCUT2D eigenvalue weighted by Crippen LogP contribution is 2.20. The van der Waals surface area contributed by atoms with Crippen molar-refractivity contribution in [3.63, 3.8) is 0 Å². The Morgan fingerprint density at radius 2 is 1.88 bits per heavy atom. The third-order valence-corrected chi connectivity index (χ3v) is 4.32. The molecule has 6 nitrogen and oxygen atoms in total. The zero-order valence-electron chi connectivity index (χ0n) is 13.2. The molecule has 124 valence electrons. The van der Waals surface area contributed by atoms with E-state index in [4.69, 9.17) is 5.73 Å². The van der Waals surface area contributed by atoms with Crippen molar-refractivity contribution in [1.29, 1.82) is 0 Å². The summed E-state index contributed by atoms with van der Waals surface area (Å²) in [5.41, 5.74) is 5.82. The van der Waals surface area contributed by atoms with Gasteiger partial charge in [-0.25, -0.2) is 0 Å². The smallest absolute Gasteiger partial charge is 0.258 e. The summed E-state index contributed by atoms with van der Waals surface area (Å²) >= 11 is 0. The number of nitrogens with one attached hydrogen (secondary N) is 1. The Kier molecular flexibility index (Phi) is 4.57. The Bertz CT molecular complexity index is 798. The predicted molar refractivity (Wildman–Crippen MR) is 90.2 cm³/mol. The van der Waals surface area contributed by atoms with Gasteiger partial charge in [-0.15, -0.1) is 0 Å². The lowest BCUT2D eigenvalue weighted by Crippen LogP contribution is -2.49. The van der Waals surface area contributed by atoms with Crippen LogP contribution in [-0.4, -0.2) is 41.8 Å². The number of likely N-dealkylation sites (tertiary alicyclic amines) is 1. The maximum Gasteiger partial charge on any atom is 0.258 e. The molecule has 1 atom stereocenters. The predicted octanol–water partition coefficient (Wildman–Crippen LogP) is 1.05. The number of nitrogens with zero attached hydrogens (tertiary/aromatic N) is 1. The van der Waals surface area contributed by atoms with E-state index in [1.807, 2.05) is 30.3 Å². The van der Waals surface area contributed by atoms with Crippen molar-refractivity contribution in [3.8, 4) is 0 Å². The minimum Gasteiger partial charge on any atom is -0.330 e. The number of benzene rings is 2. The third kappa shape index (κ3) is 3.00. The first kappa shape index (κ1) is 16.1. The fourth-order valence-electron chi connectivity index (χ4n) is 3.14. The van der Waals surface area contributed by atoms with Gasteiger partial charge in [-0.1, -0.05) is 36.4 Å². The van der Waals surface area contributed by atoms with E-state index in [1.165, 1.54) is 4.90 Å². The Balaban J connectivity index is 1.79. The first-order valence-corrected chi connectivity index (χ1v) is 7.94. The van der Waals surface area contributed by atoms with Crippen LogP contribution in [0.1, 0.15) is 23.2 Å². The maximum atomic E-state index is 12.5. The van der Waals surface area contributed by atoms with E-state index >= 15 is 0 Å². The summed E-state index contributed by atoms with van der Waals surface area (Å²) in [7, 11) is 0. The van der Waals surface area contributed by atoms with Crippen LogP contribution in [0.25, 0.3) is 10.8 Å². The first-order valence-electron chi connectivity index (χ1n) is 7.94. The normalized spacial score (nSPS) is 17.0. The van der Waals surface area contributed by atoms with Gasteiger partial charge >= 0.3 is 0 Å². The van der Waals surface area contributed by atoms with Crippen LogP contribution in [-0.2, 0) is 9.59 Å². The van der Waals surface area contributed by atoms with Crippen LogP contribution in [0.3, 0.4) is 0 Å². The molecule has 0 bridgehead atoms. The highest BCUT2D eigenvalue weighted by atomic mass is 16.2. The number of hydrogen-bond acceptors (Lipinski definition) is 4. The van der Waals surface area contributed by atoms with Gasteiger partial charge in [-0.2, -0.15) is 0 Å². The van der Waals surface area contributed by atoms with Crippen LogP contribution in [0, 0.1) is 0 Å². The van der Waals surface area contributed by atoms with E-state index in [-0.39, 0.29) is 12.5 Å². The van der Waals surface area contributed by atoms with E-state index in [0.717, 1.165) is 17.2 Å². The van der Waals surface area contributed by atoms with Crippen molar-refractivity contribution in [1.82, 2.24) is 10.2 Å². The summed E-state index contributed by atoms with van der Waals surface area (Å²) in [5, 5.41) is 4.14. The van der Waals surface area contributed by atoms with Gasteiger partial charge in [0.05, 0.1) is 6.54 Å². The first-order chi connectivity index (χ1) is 11.6. The largest absolute Gasteiger partial charge is 0.330 e. The number of hydrogen-bond donors (Lipinski definition) is 2. The zero-order valence-corrected chi connectivity index (χ0v) is 13.2. The molecule has 3 N–H and O–H groups in total. The summed E-state index contributed by atoms with van der Waals surface area (Å²) in [4.78, 5) is 38.2. The van der Waals surface area contributed by atoms with Gasteiger partial charge in [0, 0.05) is 12.1 Å². The average molecular weight is 325 g/mol. The molecule has 0 unspecified atom stereocenters. The van der Waals surface area contributed by atoms with E-state index in [2.05, 4.69) is 5.32 Å². The summed E-state index contributed by atoms with van der Waals surface area (Å²) in [6.07, 6.45) is 1.27. The number of carbonyl (C=O) groups excluding carboxylic acids is 3. The minimum atomic E-state index is -0.625. The van der Waals surface area contributed by atoms with E-state index in [1.54, 1.807) is 12.1 Å². The van der Waals surface area contributed by atoms with E-state index < -0.39 is 17.9 Å². The van der Waals surface area contributed by atoms with E-state index in [0.29, 0.717) is 18.5 Å². The molecule has 1 heterocycles. The van der Waals surface area contributed by atoms with Crippen molar-refractivity contribution in [2.45, 2.75) is 18.9 Å². The number of rotatable bonds is 3. The number of nitrogens with two attached hydrogens (primary N) is 1. The van der Waals surface area contributed by atoms with Gasteiger partial charge in [-0.3, -0.25) is 19.7 Å². The Morgan fingerprint density at radius 3 is 2.67 bits per heavy atom. The minimum absolute atomic E-state index is 0.138. The van der Waals surface area contributed by atoms with Crippen molar-refractivity contribution in [2.75, 3.05) is 13.1 Å². The van der Waals surface area contributed by atoms with E-state index in [9.17, 15) is 14.4 Å². The maximum absolute atomic E-state index is 12.5. The highest BCUT2D eigenvalue weighted by molar-refractivity contribution is 6.13. The summed E-state index contributed by atoms with van der Waals surface area (Å²) in [5.74, 6) is -1.18. The number of amides is 3. The summed E-state index contributed by atoms with van der Waals surface area (Å²) in [6.45, 7) is 0.359. The van der Waals surface area contributed by atoms with Crippen molar-refractivity contribution >= 4 is 28.5 Å². The molecule has 1 aliphatic heterocycles. The van der Waals surface area contributed by atoms with Crippen LogP contribution in [0.5, 0.6) is 0 Å². The fraction of sp³-hybridized carbons (Fsp3) is 0.278. The molecule has 24 heavy (non-hydrogen) atoms. The number of imide groups is 1. The molecule has 0 aliphatic carbocycles. The van der Waals surface area contributed by atoms with Crippen LogP contribution in [0.15, 0.2) is 42.5 Å². The van der Waals surface area contributed by atoms with Gasteiger partial charge < -0.3 is 10.6 Å². The van der Waals surface area contributed by atoms with Crippen molar-refractivity contribution < 1.29 is 14.4 Å². The summed E-state index contributed by atoms with van der Waals surface area (Å²) < 4.78 is 0. The second-order valence-electron chi connectivity index (χ2n) is 5.79. The molecule has 0 radical (unpaired) electrons. The monoisotopic (exact) mass is 325 g/mol. The van der Waals surface area contributed by atoms with Crippen molar-refractivity contribution in [2.24, 2.45) is 5.73 Å². The van der Waals surface area contributed by atoms with Gasteiger partial charge in [0.15, 0.2) is 0 Å². The summed E-state index contributed by atoms with van der Waals surface area (Å²) in [6, 6.07) is 12.2. The molecule has 0 aromatic heterocycles. The van der Waals surface area contributed by atoms with Crippen LogP contribution >= 0.6 is 0 Å². The fourth-order valence-corrected chi connectivity index (χ4v) is 3.14. The van der Waals surface area contributed by atoms with Crippen LogP contribution < -0.4 is 11.1 Å². The molecule has 1 aliphatic rings. The lowest BCUT2D eigenvalue weighted by molar-refractivity contribution is -0.137. The van der Waals surface area contributed by atoms with Gasteiger partial charge in [0.25, 0.3) is 5.91 Å². The van der Waals surface area contributed by atoms with Gasteiger partial charge in [-0.05, 0) is 29.7 Å². The number of fused-ring (bicyclic) bond motifs is 1. The molecule has 3 amide bonds. The molecule has 1 fully saturated rings. The Morgan fingerprint density at radius 1 is 1.12 bits per heavy atom. The lowest BCUT2D eigenvalue weighted by atomic mass is 10.0. The molecule has 2 aromatic carbocycles. The third-order valence-electron chi connectivity index (χ3n) is 4.32. The molecular formula is C18H19N3O3. The highest BCUT2D eigenvalue weighted by Gasteiger charge is 2.34. The van der Waals surface area contributed by atoms with Crippen LogP contribution in [0.2, 0.25) is 0 Å². The van der Waals surface area contributed by atoms with Crippen molar-refractivity contribution in [3.05, 3.63) is 48.0 Å². The second kappa shape index (κ2) is 6.80. The number of carbonyl (C=O) groups is 3. The molecule has 2 aromatic rings. The SMILES string of the molecule is NCC(=O)N1CCC[C@H]1C(=O)NC(=O)c1cccc2ccccc12. The Hall–Kier alpha value is -2.73. The average Bonchev–Trinajstić information content (AvgIpc) is 3.10. The second-order valence-corrected chi connectivity index (χ2v) is 5.79. The topological polar surface area (TPSA) is 92.5 Å². The Labute approximate surface area is 139 Å². The molecule has 1 saturated heterocycles. The quantitative estimate of drug-likeness (QED) is 0.825. The zero-order chi connectivity index (χ0) is 17.1. The van der Waals surface area contributed by atoms with Crippen LogP contribution in [0.4, 0.5) is 0 Å². The molecule has 6 heteroatoms. The van der Waals surface area contributed by atoms with Gasteiger partial charge in [0.2, 0.25) is 11.8 Å². The standard InChI is InChI=1S/C18H19N3O3/c19-11-16(22)21-10-4-9-15(21)18(24)20-17(23)14-8-3-6-12-5-1-2-7-13(12)14/h1-3,5-8,15H,4,9-11,19H2,(H,20,23,24)/t15-/m0/s1. The lowest BCUT2D eigenvalue weighted by Gasteiger charge is -2.23. The molecule has 0 saturated carbocycles. The molecule has 0 spiro atoms.